The van der Waals surface area contributed by atoms with E-state index < -0.39 is 11.6 Å². The van der Waals surface area contributed by atoms with Gasteiger partial charge in [-0.15, -0.1) is 10.2 Å². The minimum atomic E-state index is -0.974. The molecule has 0 spiro atoms. The van der Waals surface area contributed by atoms with Crippen molar-refractivity contribution in [3.63, 3.8) is 0 Å². The molecule has 0 aliphatic heterocycles. The summed E-state index contributed by atoms with van der Waals surface area (Å²) in [4.78, 5) is 30.8. The van der Waals surface area contributed by atoms with Gasteiger partial charge in [0.25, 0.3) is 5.91 Å². The molecule has 10 nitrogen and oxygen atoms in total. The fourth-order valence-electron chi connectivity index (χ4n) is 4.34. The molecule has 4 aromatic rings. The minimum absolute atomic E-state index is 0.240. The molecular weight excluding hydrogens is 508 g/mol. The van der Waals surface area contributed by atoms with E-state index in [0.717, 1.165) is 11.1 Å². The Morgan fingerprint density at radius 3 is 2.40 bits per heavy atom. The smallest absolute Gasteiger partial charge is 0.251 e. The standard InChI is InChI=1S/C30H36N6O4/c1-8-39-23-15-13-22(14-16-23)27(29(38)31-30(5,6)7)36(24-11-9-10-19(2)21(24)4)26(37)18-35-33-28(32-34-35)25-17-12-20(3)40-25/h9-17,27H,8,18H2,1-7H3,(H,31,38). The maximum absolute atomic E-state index is 14.1. The fraction of sp³-hybridized carbons (Fsp3) is 0.367. The molecule has 4 rings (SSSR count). The van der Waals surface area contributed by atoms with Gasteiger partial charge in [0.1, 0.15) is 24.1 Å². The molecule has 210 valence electrons. The Kier molecular flexibility index (Phi) is 8.37. The first kappa shape index (κ1) is 28.5. The zero-order valence-corrected chi connectivity index (χ0v) is 24.1. The Morgan fingerprint density at radius 1 is 1.05 bits per heavy atom. The van der Waals surface area contributed by atoms with Crippen LogP contribution in [0.5, 0.6) is 5.75 Å². The normalized spacial score (nSPS) is 12.2. The molecule has 10 heteroatoms. The second-order valence-electron chi connectivity index (χ2n) is 10.7. The average molecular weight is 545 g/mol. The number of nitrogens with zero attached hydrogens (tertiary/aromatic N) is 5. The van der Waals surface area contributed by atoms with Crippen molar-refractivity contribution in [2.24, 2.45) is 0 Å². The second-order valence-corrected chi connectivity index (χ2v) is 10.7. The topological polar surface area (TPSA) is 115 Å². The van der Waals surface area contributed by atoms with Gasteiger partial charge in [0.05, 0.1) is 6.61 Å². The Bertz CT molecular complexity index is 1480. The Morgan fingerprint density at radius 2 is 1.77 bits per heavy atom. The van der Waals surface area contributed by atoms with Gasteiger partial charge in [0.15, 0.2) is 5.76 Å². The summed E-state index contributed by atoms with van der Waals surface area (Å²) in [5.41, 5.74) is 2.60. The SMILES string of the molecule is CCOc1ccc(C(C(=O)NC(C)(C)C)N(C(=O)Cn2nnc(-c3ccc(C)o3)n2)c2cccc(C)c2C)cc1. The zero-order valence-electron chi connectivity index (χ0n) is 24.1. The number of rotatable bonds is 9. The highest BCUT2D eigenvalue weighted by Crippen LogP contribution is 2.33. The van der Waals surface area contributed by atoms with Crippen LogP contribution in [-0.4, -0.2) is 44.2 Å². The largest absolute Gasteiger partial charge is 0.494 e. The summed E-state index contributed by atoms with van der Waals surface area (Å²) in [6.07, 6.45) is 0. The van der Waals surface area contributed by atoms with Gasteiger partial charge in [-0.3, -0.25) is 14.5 Å². The second kappa shape index (κ2) is 11.7. The molecule has 0 radical (unpaired) electrons. The van der Waals surface area contributed by atoms with Crippen LogP contribution in [0, 0.1) is 20.8 Å². The molecule has 1 N–H and O–H groups in total. The third-order valence-electron chi connectivity index (χ3n) is 6.31. The highest BCUT2D eigenvalue weighted by atomic mass is 16.5. The molecule has 0 saturated heterocycles. The van der Waals surface area contributed by atoms with Crippen LogP contribution in [0.3, 0.4) is 0 Å². The third-order valence-corrected chi connectivity index (χ3v) is 6.31. The van der Waals surface area contributed by atoms with E-state index in [1.807, 2.05) is 78.8 Å². The summed E-state index contributed by atoms with van der Waals surface area (Å²) in [5, 5.41) is 15.5. The number of anilines is 1. The fourth-order valence-corrected chi connectivity index (χ4v) is 4.34. The number of furan rings is 1. The molecule has 0 bridgehead atoms. The third kappa shape index (κ3) is 6.56. The Labute approximate surface area is 234 Å². The van der Waals surface area contributed by atoms with E-state index in [2.05, 4.69) is 20.7 Å². The van der Waals surface area contributed by atoms with Crippen LogP contribution >= 0.6 is 0 Å². The number of hydrogen-bond donors (Lipinski definition) is 1. The number of tetrazole rings is 1. The predicted octanol–water partition coefficient (Wildman–Crippen LogP) is 4.95. The van der Waals surface area contributed by atoms with Crippen LogP contribution in [-0.2, 0) is 16.1 Å². The van der Waals surface area contributed by atoms with E-state index in [0.29, 0.717) is 35.1 Å². The lowest BCUT2D eigenvalue weighted by molar-refractivity contribution is -0.128. The first-order valence-corrected chi connectivity index (χ1v) is 13.2. The molecule has 40 heavy (non-hydrogen) atoms. The summed E-state index contributed by atoms with van der Waals surface area (Å²) in [5.74, 6) is 1.43. The van der Waals surface area contributed by atoms with E-state index in [1.165, 1.54) is 9.70 Å². The van der Waals surface area contributed by atoms with Crippen LogP contribution < -0.4 is 15.0 Å². The van der Waals surface area contributed by atoms with Crippen molar-refractivity contribution in [1.82, 2.24) is 25.5 Å². The van der Waals surface area contributed by atoms with Gasteiger partial charge < -0.3 is 14.5 Å². The molecule has 1 atom stereocenters. The van der Waals surface area contributed by atoms with E-state index in [1.54, 1.807) is 24.3 Å². The molecule has 0 fully saturated rings. The Balaban J connectivity index is 1.79. The van der Waals surface area contributed by atoms with Gasteiger partial charge in [-0.25, -0.2) is 0 Å². The number of hydrogen-bond acceptors (Lipinski definition) is 7. The minimum Gasteiger partial charge on any atom is -0.494 e. The molecule has 2 aromatic carbocycles. The lowest BCUT2D eigenvalue weighted by Crippen LogP contribution is -2.50. The Hall–Kier alpha value is -4.47. The molecule has 2 heterocycles. The van der Waals surface area contributed by atoms with E-state index >= 15 is 0 Å². The maximum Gasteiger partial charge on any atom is 0.251 e. The van der Waals surface area contributed by atoms with Gasteiger partial charge in [-0.05, 0) is 101 Å². The lowest BCUT2D eigenvalue weighted by Gasteiger charge is -2.34. The summed E-state index contributed by atoms with van der Waals surface area (Å²) in [6.45, 7) is 13.6. The molecular formula is C30H36N6O4. The quantitative estimate of drug-likeness (QED) is 0.317. The number of ether oxygens (including phenoxy) is 1. The summed E-state index contributed by atoms with van der Waals surface area (Å²) >= 11 is 0. The van der Waals surface area contributed by atoms with Gasteiger partial charge in [-0.1, -0.05) is 24.3 Å². The first-order valence-electron chi connectivity index (χ1n) is 13.2. The molecule has 1 unspecified atom stereocenters. The zero-order chi connectivity index (χ0) is 29.0. The maximum atomic E-state index is 14.1. The van der Waals surface area contributed by atoms with Gasteiger partial charge in [0.2, 0.25) is 11.7 Å². The van der Waals surface area contributed by atoms with E-state index in [-0.39, 0.29) is 24.2 Å². The number of benzene rings is 2. The van der Waals surface area contributed by atoms with Crippen LogP contribution in [0.4, 0.5) is 5.69 Å². The molecule has 0 aliphatic carbocycles. The van der Waals surface area contributed by atoms with Crippen molar-refractivity contribution >= 4 is 17.5 Å². The number of nitrogens with one attached hydrogen (secondary N) is 1. The number of aromatic nitrogens is 4. The first-order chi connectivity index (χ1) is 19.0. The van der Waals surface area contributed by atoms with Crippen molar-refractivity contribution in [2.75, 3.05) is 11.5 Å². The van der Waals surface area contributed by atoms with Crippen molar-refractivity contribution in [3.8, 4) is 17.3 Å². The summed E-state index contributed by atoms with van der Waals surface area (Å²) < 4.78 is 11.2. The van der Waals surface area contributed by atoms with Crippen molar-refractivity contribution in [1.29, 1.82) is 0 Å². The number of carbonyl (C=O) groups is 2. The van der Waals surface area contributed by atoms with Crippen LogP contribution in [0.2, 0.25) is 0 Å². The lowest BCUT2D eigenvalue weighted by atomic mass is 9.98. The molecule has 2 aromatic heterocycles. The average Bonchev–Trinajstić information content (AvgIpc) is 3.53. The number of amides is 2. The van der Waals surface area contributed by atoms with Crippen molar-refractivity contribution in [3.05, 3.63) is 77.0 Å². The van der Waals surface area contributed by atoms with E-state index in [9.17, 15) is 9.59 Å². The summed E-state index contributed by atoms with van der Waals surface area (Å²) in [6, 6.07) is 15.5. The monoisotopic (exact) mass is 544 g/mol. The molecule has 2 amide bonds. The predicted molar refractivity (Wildman–Crippen MR) is 152 cm³/mol. The van der Waals surface area contributed by atoms with Crippen LogP contribution in [0.25, 0.3) is 11.6 Å². The van der Waals surface area contributed by atoms with Crippen LogP contribution in [0.15, 0.2) is 59.0 Å². The van der Waals surface area contributed by atoms with Gasteiger partial charge >= 0.3 is 0 Å². The number of carbonyl (C=O) groups excluding carboxylic acids is 2. The molecule has 0 saturated carbocycles. The van der Waals surface area contributed by atoms with E-state index in [4.69, 9.17) is 9.15 Å². The van der Waals surface area contributed by atoms with Crippen molar-refractivity contribution < 1.29 is 18.7 Å². The van der Waals surface area contributed by atoms with Crippen LogP contribution in [0.1, 0.15) is 56.2 Å². The van der Waals surface area contributed by atoms with Gasteiger partial charge in [-0.2, -0.15) is 4.80 Å². The highest BCUT2D eigenvalue weighted by Gasteiger charge is 2.35. The van der Waals surface area contributed by atoms with Crippen molar-refractivity contribution in [2.45, 2.75) is 66.6 Å². The molecule has 0 aliphatic rings. The highest BCUT2D eigenvalue weighted by molar-refractivity contribution is 6.02. The number of aryl methyl sites for hydroxylation is 2. The van der Waals surface area contributed by atoms with Gasteiger partial charge in [0, 0.05) is 11.2 Å². The summed E-state index contributed by atoms with van der Waals surface area (Å²) in [7, 11) is 0.